The van der Waals surface area contributed by atoms with Crippen molar-refractivity contribution in [2.75, 3.05) is 11.9 Å². The van der Waals surface area contributed by atoms with Crippen molar-refractivity contribution >= 4 is 31.3 Å². The Hall–Kier alpha value is -2.18. The van der Waals surface area contributed by atoms with Crippen LogP contribution in [0.4, 0.5) is 5.95 Å². The summed E-state index contributed by atoms with van der Waals surface area (Å²) in [5.74, 6) is -0.786. The van der Waals surface area contributed by atoms with Crippen molar-refractivity contribution < 1.29 is 28.6 Å². The fourth-order valence-corrected chi connectivity index (χ4v) is 3.09. The number of nitrogens with zero attached hydrogens (tertiary/aromatic N) is 4. The van der Waals surface area contributed by atoms with Crippen LogP contribution in [0.3, 0.4) is 0 Å². The molecule has 1 unspecified atom stereocenters. The van der Waals surface area contributed by atoms with E-state index in [0.29, 0.717) is 0 Å². The molecule has 2 aromatic rings. The van der Waals surface area contributed by atoms with Gasteiger partial charge in [0.05, 0.1) is 12.7 Å². The number of fused-ring (bicyclic) bond motifs is 1. The number of carbonyl (C=O) groups is 1. The minimum absolute atomic E-state index is 0.00685. The molecule has 0 radical (unpaired) electrons. The fourth-order valence-electron chi connectivity index (χ4n) is 2.62. The lowest BCUT2D eigenvalue weighted by Crippen LogP contribution is -2.24. The topological polar surface area (TPSA) is 182 Å². The maximum atomic E-state index is 12.2. The zero-order valence-corrected chi connectivity index (χ0v) is 15.4. The predicted molar refractivity (Wildman–Crippen MR) is 91.1 cm³/mol. The van der Waals surface area contributed by atoms with E-state index >= 15 is 0 Å². The number of rotatable bonds is 6. The van der Waals surface area contributed by atoms with Crippen molar-refractivity contribution in [2.45, 2.75) is 38.7 Å². The molecule has 4 N–H and O–H groups in total. The van der Waals surface area contributed by atoms with Crippen molar-refractivity contribution in [3.05, 3.63) is 10.4 Å². The van der Waals surface area contributed by atoms with Crippen LogP contribution >= 0.6 is 8.25 Å². The minimum atomic E-state index is -3.28. The summed E-state index contributed by atoms with van der Waals surface area (Å²) in [6.07, 6.45) is -2.45. The molecule has 3 rings (SSSR count). The zero-order valence-electron chi connectivity index (χ0n) is 14.4. The summed E-state index contributed by atoms with van der Waals surface area (Å²) in [6.45, 7) is 3.02. The Morgan fingerprint density at radius 2 is 2.30 bits per heavy atom. The van der Waals surface area contributed by atoms with Crippen LogP contribution in [-0.2, 0) is 18.6 Å². The van der Waals surface area contributed by atoms with Gasteiger partial charge in [-0.25, -0.2) is 0 Å². The van der Waals surface area contributed by atoms with Crippen LogP contribution in [0.1, 0.15) is 26.5 Å². The number of aromatic nitrogens is 5. The Morgan fingerprint density at radius 1 is 1.56 bits per heavy atom. The second-order valence-corrected chi connectivity index (χ2v) is 7.02. The van der Waals surface area contributed by atoms with E-state index in [-0.39, 0.29) is 42.0 Å². The Balaban J connectivity index is 2.01. The smallest absolute Gasteiger partial charge is 0.317 e. The molecule has 14 heteroatoms. The number of aliphatic hydroxyl groups excluding tert-OH is 1. The van der Waals surface area contributed by atoms with Crippen molar-refractivity contribution in [3.63, 3.8) is 0 Å². The minimum Gasteiger partial charge on any atom is -0.394 e. The largest absolute Gasteiger partial charge is 0.394 e. The van der Waals surface area contributed by atoms with E-state index < -0.39 is 32.2 Å². The van der Waals surface area contributed by atoms with E-state index in [1.54, 1.807) is 13.8 Å². The molecule has 1 amide bonds. The first-order valence-electron chi connectivity index (χ1n) is 8.12. The highest BCUT2D eigenvalue weighted by Gasteiger charge is 2.40. The monoisotopic (exact) mass is 402 g/mol. The predicted octanol–water partition coefficient (Wildman–Crippen LogP) is -0.844. The molecular formula is C13H19N6O7P. The Morgan fingerprint density at radius 3 is 2.93 bits per heavy atom. The van der Waals surface area contributed by atoms with Gasteiger partial charge >= 0.3 is 8.25 Å². The first-order chi connectivity index (χ1) is 12.8. The standard InChI is InChI=1S/C13H19N6O7P/c1-5(2)10(21)15-13-14-9-8(11(22)16-13)17-18-19(9)12-7(26-27(23)24)3-6(4-20)25-12/h5-7,12,20,27H,3-4H2,1-2H3,(H,23,24)(H2,14,15,16,21,22)/t6-,7-,12+/m0/s1. The number of aliphatic hydroxyl groups is 1. The summed E-state index contributed by atoms with van der Waals surface area (Å²) < 4.78 is 22.8. The molecular weight excluding hydrogens is 383 g/mol. The first kappa shape index (κ1) is 19.6. The molecule has 0 aliphatic carbocycles. The summed E-state index contributed by atoms with van der Waals surface area (Å²) in [5, 5.41) is 19.4. The van der Waals surface area contributed by atoms with E-state index in [2.05, 4.69) is 25.6 Å². The molecule has 1 aliphatic heterocycles. The Labute approximate surface area is 152 Å². The number of ether oxygens (including phenoxy) is 1. The third-order valence-electron chi connectivity index (χ3n) is 3.94. The molecule has 1 saturated heterocycles. The van der Waals surface area contributed by atoms with Crippen molar-refractivity contribution in [3.8, 4) is 0 Å². The molecule has 1 fully saturated rings. The normalized spacial score (nSPS) is 23.8. The van der Waals surface area contributed by atoms with Gasteiger partial charge in [-0.05, 0) is 0 Å². The molecule has 0 spiro atoms. The lowest BCUT2D eigenvalue weighted by molar-refractivity contribution is -0.118. The summed E-state index contributed by atoms with van der Waals surface area (Å²) in [5.41, 5.74) is -0.744. The highest BCUT2D eigenvalue weighted by Crippen LogP contribution is 2.36. The Kier molecular flexibility index (Phi) is 5.67. The first-order valence-corrected chi connectivity index (χ1v) is 9.38. The van der Waals surface area contributed by atoms with Crippen LogP contribution in [0.2, 0.25) is 0 Å². The van der Waals surface area contributed by atoms with Crippen LogP contribution in [0.25, 0.3) is 11.2 Å². The maximum absolute atomic E-state index is 12.2. The molecule has 27 heavy (non-hydrogen) atoms. The van der Waals surface area contributed by atoms with Gasteiger partial charge in [-0.15, -0.1) is 5.10 Å². The van der Waals surface area contributed by atoms with Crippen LogP contribution in [-0.4, -0.2) is 59.7 Å². The number of hydrogen-bond donors (Lipinski definition) is 4. The van der Waals surface area contributed by atoms with Gasteiger partial charge in [0.15, 0.2) is 17.4 Å². The molecule has 3 heterocycles. The lowest BCUT2D eigenvalue weighted by atomic mass is 10.2. The number of anilines is 1. The number of H-pyrrole nitrogens is 1. The van der Waals surface area contributed by atoms with Gasteiger partial charge in [-0.2, -0.15) is 9.67 Å². The molecule has 13 nitrogen and oxygen atoms in total. The second-order valence-electron chi connectivity index (χ2n) is 6.25. The quantitative estimate of drug-likeness (QED) is 0.444. The summed E-state index contributed by atoms with van der Waals surface area (Å²) in [6, 6.07) is 0. The Bertz CT molecular complexity index is 928. The third kappa shape index (κ3) is 4.06. The highest BCUT2D eigenvalue weighted by molar-refractivity contribution is 7.32. The number of carbonyl (C=O) groups excluding carboxylic acids is 1. The molecule has 0 bridgehead atoms. The van der Waals surface area contributed by atoms with Gasteiger partial charge in [0.25, 0.3) is 5.56 Å². The summed E-state index contributed by atoms with van der Waals surface area (Å²) in [7, 11) is -3.28. The lowest BCUT2D eigenvalue weighted by Gasteiger charge is -2.17. The van der Waals surface area contributed by atoms with Gasteiger partial charge in [0.1, 0.15) is 6.10 Å². The number of aromatic amines is 1. The van der Waals surface area contributed by atoms with E-state index in [1.807, 2.05) is 0 Å². The SMILES string of the molecule is CC(C)C(=O)Nc1nc2c(nnn2[C@@H]2O[C@H](CO)C[C@@H]2O[PH](=O)O)c(=O)[nH]1. The van der Waals surface area contributed by atoms with Crippen molar-refractivity contribution in [1.29, 1.82) is 0 Å². The van der Waals surface area contributed by atoms with Gasteiger partial charge in [0.2, 0.25) is 11.9 Å². The highest BCUT2D eigenvalue weighted by atomic mass is 31.1. The average molecular weight is 402 g/mol. The van der Waals surface area contributed by atoms with Gasteiger partial charge in [0, 0.05) is 12.3 Å². The van der Waals surface area contributed by atoms with Crippen LogP contribution in [0.15, 0.2) is 4.79 Å². The third-order valence-corrected chi connectivity index (χ3v) is 4.45. The van der Waals surface area contributed by atoms with Gasteiger partial charge in [-0.1, -0.05) is 19.1 Å². The maximum Gasteiger partial charge on any atom is 0.317 e. The van der Waals surface area contributed by atoms with E-state index in [4.69, 9.17) is 14.2 Å². The molecule has 1 aliphatic rings. The fraction of sp³-hybridized carbons (Fsp3) is 0.615. The average Bonchev–Trinajstić information content (AvgIpc) is 3.18. The molecule has 0 saturated carbocycles. The molecule has 4 atom stereocenters. The van der Waals surface area contributed by atoms with Gasteiger partial charge < -0.3 is 19.3 Å². The number of amides is 1. The van der Waals surface area contributed by atoms with Crippen LogP contribution in [0, 0.1) is 5.92 Å². The second kappa shape index (κ2) is 7.82. The summed E-state index contributed by atoms with van der Waals surface area (Å²) in [4.78, 5) is 39.7. The van der Waals surface area contributed by atoms with Crippen molar-refractivity contribution in [2.24, 2.45) is 5.92 Å². The molecule has 0 aromatic carbocycles. The summed E-state index contributed by atoms with van der Waals surface area (Å²) >= 11 is 0. The number of hydrogen-bond acceptors (Lipinski definition) is 9. The van der Waals surface area contributed by atoms with E-state index in [1.165, 1.54) is 0 Å². The molecule has 2 aromatic heterocycles. The molecule has 148 valence electrons. The zero-order chi connectivity index (χ0) is 19.7. The van der Waals surface area contributed by atoms with E-state index in [0.717, 1.165) is 4.68 Å². The number of nitrogens with one attached hydrogen (secondary N) is 2. The van der Waals surface area contributed by atoms with Crippen molar-refractivity contribution in [1.82, 2.24) is 25.0 Å². The van der Waals surface area contributed by atoms with Crippen LogP contribution < -0.4 is 10.9 Å². The van der Waals surface area contributed by atoms with E-state index in [9.17, 15) is 19.3 Å². The van der Waals surface area contributed by atoms with Gasteiger partial charge in [-0.3, -0.25) is 24.5 Å². The van der Waals surface area contributed by atoms with Crippen LogP contribution in [0.5, 0.6) is 0 Å².